The van der Waals surface area contributed by atoms with Gasteiger partial charge >= 0.3 is 5.97 Å². The maximum absolute atomic E-state index is 11.9. The van der Waals surface area contributed by atoms with Crippen molar-refractivity contribution in [1.29, 1.82) is 0 Å². The van der Waals surface area contributed by atoms with Crippen LogP contribution in [0.3, 0.4) is 0 Å². The topological polar surface area (TPSA) is 85.2 Å². The number of rotatable bonds is 1. The molecule has 2 aliphatic carbocycles. The van der Waals surface area contributed by atoms with Crippen LogP contribution in [0.4, 0.5) is 0 Å². The minimum atomic E-state index is -0.779. The molecule has 4 rings (SSSR count). The highest BCUT2D eigenvalue weighted by molar-refractivity contribution is 5.66. The third-order valence-corrected chi connectivity index (χ3v) is 8.66. The smallest absolute Gasteiger partial charge is 0.303 e. The molecule has 0 radical (unpaired) electrons. The quantitative estimate of drug-likeness (QED) is 0.663. The van der Waals surface area contributed by atoms with Gasteiger partial charge in [0.05, 0.1) is 23.9 Å². The second-order valence-corrected chi connectivity index (χ2v) is 10.7. The average Bonchev–Trinajstić information content (AvgIpc) is 3.14. The first-order chi connectivity index (χ1) is 13.0. The molecular weight excluding hydrogens is 360 g/mol. The van der Waals surface area contributed by atoms with Crippen molar-refractivity contribution in [2.45, 2.75) is 103 Å². The standard InChI is InChI=1S/C22H36O6/c1-13-16(25)17(27-14(2)23)18-19(3,4)7-6-8-20(18,5)22(13)10-9-21(28-22)11-15(24)26-12-21/h13,15-18,24-25H,6-12H2,1-5H3/t13-,15+,16-,17-,18+,20+,21-,22-/m1/s1. The number of aliphatic hydroxyl groups excluding tert-OH is 2. The van der Waals surface area contributed by atoms with Crippen LogP contribution in [-0.4, -0.2) is 52.5 Å². The maximum atomic E-state index is 11.9. The van der Waals surface area contributed by atoms with E-state index in [2.05, 4.69) is 20.8 Å². The molecule has 0 amide bonds. The molecule has 6 heteroatoms. The van der Waals surface area contributed by atoms with Crippen LogP contribution in [0.25, 0.3) is 0 Å². The SMILES string of the molecule is CC(=O)O[C@@H]1[C@H](O)[C@@H](C)[C@]2(CC[C@@]3(CO[C@H](O)C3)O2)[C@@]2(C)CCCC(C)(C)[C@H]12. The molecule has 4 aliphatic rings. The predicted octanol–water partition coefficient (Wildman–Crippen LogP) is 2.79. The summed E-state index contributed by atoms with van der Waals surface area (Å²) >= 11 is 0. The Labute approximate surface area is 167 Å². The Balaban J connectivity index is 1.79. The van der Waals surface area contributed by atoms with Crippen LogP contribution in [0, 0.1) is 22.7 Å². The number of hydrogen-bond acceptors (Lipinski definition) is 6. The Bertz CT molecular complexity index is 649. The van der Waals surface area contributed by atoms with Crippen LogP contribution >= 0.6 is 0 Å². The lowest BCUT2D eigenvalue weighted by Gasteiger charge is -2.66. The summed E-state index contributed by atoms with van der Waals surface area (Å²) in [5.74, 6) is -0.512. The van der Waals surface area contributed by atoms with Crippen molar-refractivity contribution in [3.8, 4) is 0 Å². The highest BCUT2D eigenvalue weighted by Gasteiger charge is 2.72. The molecule has 28 heavy (non-hydrogen) atoms. The Hall–Kier alpha value is -0.690. The maximum Gasteiger partial charge on any atom is 0.303 e. The van der Waals surface area contributed by atoms with E-state index in [1.54, 1.807) is 0 Å². The monoisotopic (exact) mass is 396 g/mol. The molecule has 0 aromatic rings. The normalized spacial score (nSPS) is 52.8. The van der Waals surface area contributed by atoms with Crippen molar-refractivity contribution in [2.75, 3.05) is 6.61 Å². The van der Waals surface area contributed by atoms with E-state index in [1.165, 1.54) is 6.92 Å². The van der Waals surface area contributed by atoms with Crippen molar-refractivity contribution in [1.82, 2.24) is 0 Å². The molecule has 2 N–H and O–H groups in total. The summed E-state index contributed by atoms with van der Waals surface area (Å²) in [6, 6.07) is 0. The zero-order valence-electron chi connectivity index (χ0n) is 17.9. The summed E-state index contributed by atoms with van der Waals surface area (Å²) in [7, 11) is 0. The molecule has 2 saturated heterocycles. The molecular formula is C22H36O6. The number of hydrogen-bond donors (Lipinski definition) is 2. The Morgan fingerprint density at radius 1 is 1.11 bits per heavy atom. The summed E-state index contributed by atoms with van der Waals surface area (Å²) < 4.78 is 18.2. The lowest BCUT2D eigenvalue weighted by molar-refractivity contribution is -0.299. The molecule has 6 nitrogen and oxygen atoms in total. The van der Waals surface area contributed by atoms with Gasteiger partial charge in [0, 0.05) is 30.6 Å². The molecule has 2 saturated carbocycles. The Kier molecular flexibility index (Phi) is 4.70. The van der Waals surface area contributed by atoms with Crippen LogP contribution in [0.5, 0.6) is 0 Å². The zero-order valence-corrected chi connectivity index (χ0v) is 17.9. The second kappa shape index (κ2) is 6.40. The molecule has 2 spiro atoms. The van der Waals surface area contributed by atoms with E-state index in [1.807, 2.05) is 6.92 Å². The molecule has 2 heterocycles. The molecule has 8 atom stereocenters. The summed E-state index contributed by atoms with van der Waals surface area (Å²) in [6.45, 7) is 10.6. The minimum absolute atomic E-state index is 0.00578. The summed E-state index contributed by atoms with van der Waals surface area (Å²) in [4.78, 5) is 11.9. The fourth-order valence-corrected chi connectivity index (χ4v) is 7.53. The van der Waals surface area contributed by atoms with Crippen molar-refractivity contribution >= 4 is 5.97 Å². The van der Waals surface area contributed by atoms with E-state index < -0.39 is 29.7 Å². The van der Waals surface area contributed by atoms with Crippen LogP contribution in [0.2, 0.25) is 0 Å². The van der Waals surface area contributed by atoms with Gasteiger partial charge < -0.3 is 24.4 Å². The van der Waals surface area contributed by atoms with Crippen molar-refractivity contribution in [2.24, 2.45) is 22.7 Å². The molecule has 0 bridgehead atoms. The van der Waals surface area contributed by atoms with E-state index in [9.17, 15) is 15.0 Å². The van der Waals surface area contributed by atoms with Gasteiger partial charge in [-0.05, 0) is 31.1 Å². The largest absolute Gasteiger partial charge is 0.459 e. The van der Waals surface area contributed by atoms with Gasteiger partial charge in [-0.2, -0.15) is 0 Å². The number of carbonyl (C=O) groups excluding carboxylic acids is 1. The first kappa shape index (κ1) is 20.6. The zero-order chi connectivity index (χ0) is 20.5. The molecule has 0 aromatic carbocycles. The van der Waals surface area contributed by atoms with E-state index in [0.717, 1.165) is 32.1 Å². The molecule has 2 aliphatic heterocycles. The van der Waals surface area contributed by atoms with Crippen molar-refractivity contribution in [3.05, 3.63) is 0 Å². The fraction of sp³-hybridized carbons (Fsp3) is 0.955. The summed E-state index contributed by atoms with van der Waals surface area (Å²) in [6.07, 6.45) is 3.16. The average molecular weight is 397 g/mol. The van der Waals surface area contributed by atoms with Gasteiger partial charge in [0.15, 0.2) is 6.29 Å². The molecule has 0 unspecified atom stereocenters. The van der Waals surface area contributed by atoms with Crippen molar-refractivity contribution < 1.29 is 29.2 Å². The third-order valence-electron chi connectivity index (χ3n) is 8.66. The second-order valence-electron chi connectivity index (χ2n) is 10.7. The van der Waals surface area contributed by atoms with E-state index in [0.29, 0.717) is 13.0 Å². The lowest BCUT2D eigenvalue weighted by atomic mass is 9.43. The van der Waals surface area contributed by atoms with Crippen molar-refractivity contribution in [3.63, 3.8) is 0 Å². The number of carbonyl (C=O) groups is 1. The fourth-order valence-electron chi connectivity index (χ4n) is 7.53. The van der Waals surface area contributed by atoms with Crippen LogP contribution in [0.15, 0.2) is 0 Å². The van der Waals surface area contributed by atoms with Gasteiger partial charge in [-0.1, -0.05) is 34.1 Å². The van der Waals surface area contributed by atoms with E-state index in [4.69, 9.17) is 14.2 Å². The number of aliphatic hydroxyl groups is 2. The molecule has 160 valence electrons. The van der Waals surface area contributed by atoms with Gasteiger partial charge in [-0.3, -0.25) is 4.79 Å². The van der Waals surface area contributed by atoms with Gasteiger partial charge in [0.2, 0.25) is 0 Å². The van der Waals surface area contributed by atoms with Crippen LogP contribution in [-0.2, 0) is 19.0 Å². The Morgan fingerprint density at radius 3 is 2.43 bits per heavy atom. The highest BCUT2D eigenvalue weighted by Crippen LogP contribution is 2.68. The van der Waals surface area contributed by atoms with Gasteiger partial charge in [0.1, 0.15) is 6.10 Å². The minimum Gasteiger partial charge on any atom is -0.459 e. The summed E-state index contributed by atoms with van der Waals surface area (Å²) in [5, 5.41) is 21.3. The predicted molar refractivity (Wildman–Crippen MR) is 102 cm³/mol. The Morgan fingerprint density at radius 2 is 1.82 bits per heavy atom. The summed E-state index contributed by atoms with van der Waals surface area (Å²) in [5.41, 5.74) is -1.30. The molecule has 4 fully saturated rings. The van der Waals surface area contributed by atoms with Gasteiger partial charge in [-0.25, -0.2) is 0 Å². The first-order valence-electron chi connectivity index (χ1n) is 10.8. The van der Waals surface area contributed by atoms with Gasteiger partial charge in [0.25, 0.3) is 0 Å². The van der Waals surface area contributed by atoms with E-state index >= 15 is 0 Å². The van der Waals surface area contributed by atoms with Gasteiger partial charge in [-0.15, -0.1) is 0 Å². The number of ether oxygens (including phenoxy) is 3. The lowest BCUT2D eigenvalue weighted by Crippen LogP contribution is -2.71. The number of fused-ring (bicyclic) bond motifs is 2. The van der Waals surface area contributed by atoms with E-state index in [-0.39, 0.29) is 28.6 Å². The first-order valence-corrected chi connectivity index (χ1v) is 10.8. The molecule has 0 aromatic heterocycles. The highest BCUT2D eigenvalue weighted by atomic mass is 16.6. The third kappa shape index (κ3) is 2.71. The van der Waals surface area contributed by atoms with Crippen LogP contribution in [0.1, 0.15) is 73.1 Å². The van der Waals surface area contributed by atoms with Crippen LogP contribution < -0.4 is 0 Å². The number of esters is 1.